The third-order valence-corrected chi connectivity index (χ3v) is 7.96. The number of hydrogen-bond donors (Lipinski definition) is 1. The van der Waals surface area contributed by atoms with E-state index in [4.69, 9.17) is 9.98 Å². The molecule has 0 saturated carbocycles. The molecule has 0 heterocycles. The minimum Gasteiger partial charge on any atom is -0.388 e. The molecule has 6 rings (SSSR count). The molecule has 4 aromatic carbocycles. The van der Waals surface area contributed by atoms with E-state index in [1.54, 1.807) is 24.3 Å². The summed E-state index contributed by atoms with van der Waals surface area (Å²) < 4.78 is 27.7. The van der Waals surface area contributed by atoms with E-state index in [2.05, 4.69) is 59.5 Å². The average molecular weight is 583 g/mol. The lowest BCUT2D eigenvalue weighted by atomic mass is 9.79. The van der Waals surface area contributed by atoms with E-state index < -0.39 is 0 Å². The van der Waals surface area contributed by atoms with Crippen LogP contribution >= 0.6 is 0 Å². The molecule has 0 radical (unpaired) electrons. The fourth-order valence-corrected chi connectivity index (χ4v) is 5.77. The van der Waals surface area contributed by atoms with Gasteiger partial charge in [-0.25, -0.2) is 23.8 Å². The molecule has 44 heavy (non-hydrogen) atoms. The van der Waals surface area contributed by atoms with E-state index >= 15 is 0 Å². The van der Waals surface area contributed by atoms with Crippen molar-refractivity contribution in [3.63, 3.8) is 0 Å². The molecule has 0 atom stereocenters. The molecule has 6 heteroatoms. The Balaban J connectivity index is 1.57. The Kier molecular flexibility index (Phi) is 8.50. The molecule has 4 aromatic rings. The van der Waals surface area contributed by atoms with Gasteiger partial charge in [0.1, 0.15) is 11.6 Å². The second-order valence-corrected chi connectivity index (χ2v) is 10.7. The highest BCUT2D eigenvalue weighted by Gasteiger charge is 2.26. The van der Waals surface area contributed by atoms with Crippen molar-refractivity contribution in [2.45, 2.75) is 25.7 Å². The Labute approximate surface area is 256 Å². The molecule has 0 saturated heterocycles. The highest BCUT2D eigenvalue weighted by molar-refractivity contribution is 6.13. The van der Waals surface area contributed by atoms with Crippen molar-refractivity contribution >= 4 is 29.6 Å². The molecule has 1 N–H and O–H groups in total. The Morgan fingerprint density at radius 1 is 0.750 bits per heavy atom. The lowest BCUT2D eigenvalue weighted by Crippen LogP contribution is -2.11. The first-order chi connectivity index (χ1) is 21.5. The van der Waals surface area contributed by atoms with Crippen molar-refractivity contribution < 1.29 is 8.78 Å². The van der Waals surface area contributed by atoms with Gasteiger partial charge in [-0.3, -0.25) is 0 Å². The average Bonchev–Trinajstić information content (AvgIpc) is 3.07. The van der Waals surface area contributed by atoms with Gasteiger partial charge in [-0.2, -0.15) is 0 Å². The molecule has 2 aliphatic rings. The van der Waals surface area contributed by atoms with Gasteiger partial charge >= 0.3 is 0 Å². The first kappa shape index (κ1) is 28.9. The van der Waals surface area contributed by atoms with Crippen LogP contribution < -0.4 is 5.32 Å². The maximum absolute atomic E-state index is 14.0. The van der Waals surface area contributed by atoms with Gasteiger partial charge in [0, 0.05) is 35.0 Å². The van der Waals surface area contributed by atoms with Crippen LogP contribution in [0.1, 0.15) is 42.4 Å². The van der Waals surface area contributed by atoms with Crippen LogP contribution in [0.5, 0.6) is 0 Å². The quantitative estimate of drug-likeness (QED) is 0.179. The first-order valence-corrected chi connectivity index (χ1v) is 14.7. The van der Waals surface area contributed by atoms with Crippen LogP contribution in [0, 0.1) is 11.6 Å². The third-order valence-electron chi connectivity index (χ3n) is 7.96. The van der Waals surface area contributed by atoms with Gasteiger partial charge in [-0.05, 0) is 109 Å². The molecular formula is C38H32F2N4. The Hall–Kier alpha value is -5.23. The van der Waals surface area contributed by atoms with Crippen LogP contribution in [0.2, 0.25) is 0 Å². The van der Waals surface area contributed by atoms with Gasteiger partial charge in [-0.1, -0.05) is 54.6 Å². The fourth-order valence-electron chi connectivity index (χ4n) is 5.77. The zero-order valence-corrected chi connectivity index (χ0v) is 24.5. The summed E-state index contributed by atoms with van der Waals surface area (Å²) in [6, 6.07) is 28.9. The summed E-state index contributed by atoms with van der Waals surface area (Å²) in [6.07, 6.45) is 7.90. The number of rotatable bonds is 6. The number of amidine groups is 2. The summed E-state index contributed by atoms with van der Waals surface area (Å²) in [6.45, 7) is 3.71. The minimum absolute atomic E-state index is 0.301. The van der Waals surface area contributed by atoms with Gasteiger partial charge < -0.3 is 5.32 Å². The topological polar surface area (TPSA) is 49.1 Å². The van der Waals surface area contributed by atoms with Crippen LogP contribution in [0.15, 0.2) is 141 Å². The van der Waals surface area contributed by atoms with Crippen molar-refractivity contribution in [2.24, 2.45) is 15.0 Å². The molecule has 0 aromatic heterocycles. The van der Waals surface area contributed by atoms with Gasteiger partial charge in [-0.15, -0.1) is 0 Å². The largest absolute Gasteiger partial charge is 0.388 e. The maximum Gasteiger partial charge on any atom is 0.161 e. The van der Waals surface area contributed by atoms with E-state index in [-0.39, 0.29) is 11.6 Å². The Bertz CT molecular complexity index is 1850. The van der Waals surface area contributed by atoms with Crippen LogP contribution in [-0.2, 0) is 0 Å². The SMILES string of the molecule is C=NC(=NC(=NC1=C(c2ccc(-c3ccccc3)cc2NC)C2=C(C=CCC2)CC1)c1ccc(F)cc1)c1ccc(F)cc1. The molecule has 0 unspecified atom stereocenters. The molecule has 0 aliphatic heterocycles. The number of nitrogens with one attached hydrogen (secondary N) is 1. The van der Waals surface area contributed by atoms with Crippen molar-refractivity contribution in [3.8, 4) is 11.1 Å². The van der Waals surface area contributed by atoms with Crippen molar-refractivity contribution in [2.75, 3.05) is 12.4 Å². The van der Waals surface area contributed by atoms with E-state index in [0.717, 1.165) is 52.9 Å². The Morgan fingerprint density at radius 2 is 1.43 bits per heavy atom. The third kappa shape index (κ3) is 6.11. The van der Waals surface area contributed by atoms with Crippen molar-refractivity contribution in [3.05, 3.63) is 154 Å². The van der Waals surface area contributed by atoms with Gasteiger partial charge in [0.05, 0.1) is 5.70 Å². The predicted molar refractivity (Wildman–Crippen MR) is 178 cm³/mol. The molecule has 0 amide bonds. The monoisotopic (exact) mass is 582 g/mol. The van der Waals surface area contributed by atoms with E-state index in [0.29, 0.717) is 29.2 Å². The second-order valence-electron chi connectivity index (χ2n) is 10.7. The van der Waals surface area contributed by atoms with Gasteiger partial charge in [0.25, 0.3) is 0 Å². The number of aliphatic imine (C=N–C) groups is 3. The molecule has 4 nitrogen and oxygen atoms in total. The fraction of sp³-hybridized carbons (Fsp3) is 0.132. The van der Waals surface area contributed by atoms with Gasteiger partial charge in [0.2, 0.25) is 0 Å². The molecule has 218 valence electrons. The number of allylic oxidation sites excluding steroid dienone is 6. The zero-order valence-electron chi connectivity index (χ0n) is 24.5. The molecule has 0 bridgehead atoms. The summed E-state index contributed by atoms with van der Waals surface area (Å²) in [5.74, 6) is -0.0248. The minimum atomic E-state index is -0.356. The number of halogens is 2. The maximum atomic E-state index is 14.0. The number of anilines is 1. The molecule has 2 aliphatic carbocycles. The predicted octanol–water partition coefficient (Wildman–Crippen LogP) is 9.42. The molecule has 0 fully saturated rings. The second kappa shape index (κ2) is 13.0. The van der Waals surface area contributed by atoms with Crippen LogP contribution in [0.4, 0.5) is 14.5 Å². The summed E-state index contributed by atoms with van der Waals surface area (Å²) in [5, 5.41) is 3.43. The summed E-state index contributed by atoms with van der Waals surface area (Å²) >= 11 is 0. The summed E-state index contributed by atoms with van der Waals surface area (Å²) in [4.78, 5) is 14.2. The van der Waals surface area contributed by atoms with Crippen LogP contribution in [-0.4, -0.2) is 25.4 Å². The lowest BCUT2D eigenvalue weighted by molar-refractivity contribution is 0.627. The molecular weight excluding hydrogens is 550 g/mol. The number of hydrogen-bond acceptors (Lipinski definition) is 2. The Morgan fingerprint density at radius 3 is 2.09 bits per heavy atom. The number of benzene rings is 4. The summed E-state index contributed by atoms with van der Waals surface area (Å²) in [7, 11) is 1.94. The van der Waals surface area contributed by atoms with Crippen LogP contribution in [0.3, 0.4) is 0 Å². The van der Waals surface area contributed by atoms with E-state index in [1.165, 1.54) is 35.4 Å². The van der Waals surface area contributed by atoms with Crippen LogP contribution in [0.25, 0.3) is 16.7 Å². The molecule has 0 spiro atoms. The standard InChI is InChI=1S/C38H32F2N4/c1-41-35-24-29(25-8-4-3-5-9-25)16-22-33(35)36-32-11-7-6-10-26(32)17-23-34(36)43-38(28-14-20-31(40)21-15-28)44-37(42-2)27-12-18-30(39)19-13-27/h3-6,8-10,12-16,18-22,24,41H,2,7,11,17,23H2,1H3. The first-order valence-electron chi connectivity index (χ1n) is 14.7. The van der Waals surface area contributed by atoms with E-state index in [1.807, 2.05) is 25.2 Å². The zero-order chi connectivity index (χ0) is 30.5. The highest BCUT2D eigenvalue weighted by Crippen LogP contribution is 2.45. The van der Waals surface area contributed by atoms with Crippen molar-refractivity contribution in [1.82, 2.24) is 0 Å². The van der Waals surface area contributed by atoms with Gasteiger partial charge in [0.15, 0.2) is 11.7 Å². The number of nitrogens with zero attached hydrogens (tertiary/aromatic N) is 3. The summed E-state index contributed by atoms with van der Waals surface area (Å²) in [5.41, 5.74) is 10.2. The van der Waals surface area contributed by atoms with E-state index in [9.17, 15) is 8.78 Å². The smallest absolute Gasteiger partial charge is 0.161 e. The normalized spacial score (nSPS) is 15.3. The highest BCUT2D eigenvalue weighted by atomic mass is 19.1. The lowest BCUT2D eigenvalue weighted by Gasteiger charge is -2.27. The van der Waals surface area contributed by atoms with Crippen molar-refractivity contribution in [1.29, 1.82) is 0 Å².